The van der Waals surface area contributed by atoms with Gasteiger partial charge in [0.2, 0.25) is 0 Å². The zero-order valence-electron chi connectivity index (χ0n) is 9.95. The van der Waals surface area contributed by atoms with E-state index in [1.54, 1.807) is 12.3 Å². The van der Waals surface area contributed by atoms with Crippen molar-refractivity contribution in [1.29, 1.82) is 0 Å². The van der Waals surface area contributed by atoms with Crippen LogP contribution in [0.2, 0.25) is 5.02 Å². The first kappa shape index (κ1) is 12.0. The number of hydrogen-bond donors (Lipinski definition) is 2. The number of fused-ring (bicyclic) bond motifs is 1. The Morgan fingerprint density at radius 2 is 2.21 bits per heavy atom. The third-order valence-corrected chi connectivity index (χ3v) is 3.25. The lowest BCUT2D eigenvalue weighted by Gasteiger charge is -2.06. The minimum absolute atomic E-state index is 0.127. The van der Waals surface area contributed by atoms with Gasteiger partial charge >= 0.3 is 0 Å². The minimum Gasteiger partial charge on any atom is -0.381 e. The molecule has 0 aliphatic rings. The highest BCUT2D eigenvalue weighted by Gasteiger charge is 2.05. The van der Waals surface area contributed by atoms with E-state index in [0.29, 0.717) is 12.2 Å². The number of pyridine rings is 1. The molecule has 3 rings (SSSR count). The fraction of sp³-hybridized carbons (Fsp3) is 0.0714. The first-order chi connectivity index (χ1) is 9.24. The van der Waals surface area contributed by atoms with Crippen LogP contribution in [0.5, 0.6) is 0 Å². The van der Waals surface area contributed by atoms with Gasteiger partial charge in [0, 0.05) is 30.0 Å². The van der Waals surface area contributed by atoms with Crippen molar-refractivity contribution in [3.8, 4) is 0 Å². The van der Waals surface area contributed by atoms with Crippen LogP contribution in [0.3, 0.4) is 0 Å². The molecule has 0 fully saturated rings. The highest BCUT2D eigenvalue weighted by molar-refractivity contribution is 6.30. The zero-order chi connectivity index (χ0) is 13.2. The van der Waals surface area contributed by atoms with Crippen molar-refractivity contribution >= 4 is 28.3 Å². The maximum atomic E-state index is 13.3. The van der Waals surface area contributed by atoms with Gasteiger partial charge in [-0.15, -0.1) is 0 Å². The van der Waals surface area contributed by atoms with Crippen molar-refractivity contribution in [2.24, 2.45) is 0 Å². The van der Waals surface area contributed by atoms with Crippen LogP contribution >= 0.6 is 11.6 Å². The molecule has 3 aromatic rings. The number of nitrogens with zero attached hydrogens (tertiary/aromatic N) is 1. The molecule has 0 atom stereocenters. The maximum Gasteiger partial charge on any atom is 0.143 e. The first-order valence-corrected chi connectivity index (χ1v) is 6.22. The average Bonchev–Trinajstić information content (AvgIpc) is 2.83. The summed E-state index contributed by atoms with van der Waals surface area (Å²) >= 11 is 5.64. The molecule has 0 amide bonds. The van der Waals surface area contributed by atoms with Crippen molar-refractivity contribution in [2.75, 3.05) is 5.32 Å². The van der Waals surface area contributed by atoms with E-state index in [-0.39, 0.29) is 5.02 Å². The van der Waals surface area contributed by atoms with E-state index < -0.39 is 5.82 Å². The molecule has 2 heterocycles. The summed E-state index contributed by atoms with van der Waals surface area (Å²) in [5.74, 6) is -0.424. The molecule has 0 aliphatic heterocycles. The lowest BCUT2D eigenvalue weighted by atomic mass is 10.2. The number of rotatable bonds is 3. The van der Waals surface area contributed by atoms with Crippen LogP contribution < -0.4 is 5.32 Å². The summed E-state index contributed by atoms with van der Waals surface area (Å²) < 4.78 is 13.3. The number of benzene rings is 1. The lowest BCUT2D eigenvalue weighted by Crippen LogP contribution is -1.99. The molecule has 3 nitrogen and oxygen atoms in total. The Balaban J connectivity index is 1.80. The fourth-order valence-electron chi connectivity index (χ4n) is 1.96. The van der Waals surface area contributed by atoms with Crippen molar-refractivity contribution in [3.05, 3.63) is 59.1 Å². The minimum atomic E-state index is -0.424. The van der Waals surface area contributed by atoms with E-state index in [1.165, 1.54) is 12.1 Å². The third-order valence-electron chi connectivity index (χ3n) is 2.94. The molecule has 5 heteroatoms. The standard InChI is InChI=1S/C14H11ClFN3/c15-12-4-3-10(6-13(12)16)18-7-9-8-19-14-11(9)2-1-5-17-14/h1-6,8,18H,7H2,(H,17,19). The van der Waals surface area contributed by atoms with Gasteiger partial charge in [-0.05, 0) is 35.9 Å². The number of aromatic amines is 1. The largest absolute Gasteiger partial charge is 0.381 e. The summed E-state index contributed by atoms with van der Waals surface area (Å²) in [4.78, 5) is 7.32. The van der Waals surface area contributed by atoms with Crippen LogP contribution in [0.25, 0.3) is 11.0 Å². The Kier molecular flexibility index (Phi) is 3.09. The molecule has 2 aromatic heterocycles. The van der Waals surface area contributed by atoms with Crippen LogP contribution in [0.15, 0.2) is 42.7 Å². The molecule has 0 radical (unpaired) electrons. The van der Waals surface area contributed by atoms with Gasteiger partial charge in [0.15, 0.2) is 0 Å². The monoisotopic (exact) mass is 275 g/mol. The Morgan fingerprint density at radius 3 is 3.05 bits per heavy atom. The number of hydrogen-bond acceptors (Lipinski definition) is 2. The summed E-state index contributed by atoms with van der Waals surface area (Å²) in [7, 11) is 0. The molecule has 2 N–H and O–H groups in total. The summed E-state index contributed by atoms with van der Waals surface area (Å²) in [5.41, 5.74) is 2.63. The molecule has 0 unspecified atom stereocenters. The van der Waals surface area contributed by atoms with Gasteiger partial charge in [0.1, 0.15) is 11.5 Å². The maximum absolute atomic E-state index is 13.3. The number of aromatic nitrogens is 2. The molecule has 0 saturated heterocycles. The molecule has 0 spiro atoms. The SMILES string of the molecule is Fc1cc(NCc2c[nH]c3ncccc23)ccc1Cl. The number of H-pyrrole nitrogens is 1. The van der Waals surface area contributed by atoms with Crippen LogP contribution in [-0.4, -0.2) is 9.97 Å². The molecule has 0 bridgehead atoms. The van der Waals surface area contributed by atoms with E-state index >= 15 is 0 Å². The number of halogens is 2. The van der Waals surface area contributed by atoms with Gasteiger partial charge in [0.25, 0.3) is 0 Å². The summed E-state index contributed by atoms with van der Waals surface area (Å²) in [6, 6.07) is 8.56. The first-order valence-electron chi connectivity index (χ1n) is 5.84. The Bertz CT molecular complexity index is 724. The van der Waals surface area contributed by atoms with Crippen LogP contribution in [0.1, 0.15) is 5.56 Å². The third kappa shape index (κ3) is 2.39. The second kappa shape index (κ2) is 4.90. The second-order valence-electron chi connectivity index (χ2n) is 4.20. The molecule has 1 aromatic carbocycles. The highest BCUT2D eigenvalue weighted by atomic mass is 35.5. The topological polar surface area (TPSA) is 40.7 Å². The van der Waals surface area contributed by atoms with Gasteiger partial charge in [-0.3, -0.25) is 0 Å². The normalized spacial score (nSPS) is 10.8. The number of anilines is 1. The molecule has 0 saturated carbocycles. The smallest absolute Gasteiger partial charge is 0.143 e. The van der Waals surface area contributed by atoms with Crippen LogP contribution in [0, 0.1) is 5.82 Å². The zero-order valence-corrected chi connectivity index (χ0v) is 10.7. The van der Waals surface area contributed by atoms with Crippen molar-refractivity contribution < 1.29 is 4.39 Å². The van der Waals surface area contributed by atoms with Crippen molar-refractivity contribution in [2.45, 2.75) is 6.54 Å². The molecular weight excluding hydrogens is 265 g/mol. The fourth-order valence-corrected chi connectivity index (χ4v) is 2.08. The predicted octanol–water partition coefficient (Wildman–Crippen LogP) is 3.97. The van der Waals surface area contributed by atoms with E-state index in [0.717, 1.165) is 16.6 Å². The summed E-state index contributed by atoms with van der Waals surface area (Å²) in [6.45, 7) is 0.590. The van der Waals surface area contributed by atoms with Crippen molar-refractivity contribution in [3.63, 3.8) is 0 Å². The van der Waals surface area contributed by atoms with Gasteiger partial charge < -0.3 is 10.3 Å². The quantitative estimate of drug-likeness (QED) is 0.759. The van der Waals surface area contributed by atoms with Crippen LogP contribution in [0.4, 0.5) is 10.1 Å². The number of nitrogens with one attached hydrogen (secondary N) is 2. The molecule has 96 valence electrons. The second-order valence-corrected chi connectivity index (χ2v) is 4.60. The molecule has 0 aliphatic carbocycles. The molecular formula is C14H11ClFN3. The highest BCUT2D eigenvalue weighted by Crippen LogP contribution is 2.21. The van der Waals surface area contributed by atoms with Gasteiger partial charge in [0.05, 0.1) is 5.02 Å². The molecule has 19 heavy (non-hydrogen) atoms. The van der Waals surface area contributed by atoms with Gasteiger partial charge in [-0.2, -0.15) is 0 Å². The Morgan fingerprint density at radius 1 is 1.32 bits per heavy atom. The van der Waals surface area contributed by atoms with Gasteiger partial charge in [-0.1, -0.05) is 11.6 Å². The van der Waals surface area contributed by atoms with E-state index in [4.69, 9.17) is 11.6 Å². The summed E-state index contributed by atoms with van der Waals surface area (Å²) in [6.07, 6.45) is 3.64. The Hall–Kier alpha value is -2.07. The predicted molar refractivity (Wildman–Crippen MR) is 74.8 cm³/mol. The van der Waals surface area contributed by atoms with E-state index in [9.17, 15) is 4.39 Å². The van der Waals surface area contributed by atoms with Crippen LogP contribution in [-0.2, 0) is 6.54 Å². The van der Waals surface area contributed by atoms with Gasteiger partial charge in [-0.25, -0.2) is 9.37 Å². The lowest BCUT2D eigenvalue weighted by molar-refractivity contribution is 0.628. The van der Waals surface area contributed by atoms with Crippen molar-refractivity contribution in [1.82, 2.24) is 9.97 Å². The Labute approximate surface area is 114 Å². The average molecular weight is 276 g/mol. The van der Waals surface area contributed by atoms with E-state index in [1.807, 2.05) is 18.3 Å². The van der Waals surface area contributed by atoms with E-state index in [2.05, 4.69) is 15.3 Å². The summed E-state index contributed by atoms with van der Waals surface area (Å²) in [5, 5.41) is 4.35.